The molecule has 6 heteroatoms. The molecule has 0 bridgehead atoms. The summed E-state index contributed by atoms with van der Waals surface area (Å²) in [6.45, 7) is 0.718. The third-order valence-corrected chi connectivity index (χ3v) is 6.55. The number of hydrogen-bond acceptors (Lipinski definition) is 2. The number of nitriles is 1. The largest absolute Gasteiger partial charge is 0.416 e. The topological polar surface area (TPSA) is 41.1 Å². The Morgan fingerprint density at radius 2 is 1.45 bits per heavy atom. The zero-order valence-corrected chi connectivity index (χ0v) is 20.4. The number of nitrogens with zero attached hydrogens (tertiary/aromatic N) is 3. The first-order chi connectivity index (χ1) is 18.4. The average molecular weight is 508 g/mol. The quantitative estimate of drug-likeness (QED) is 0.206. The maximum atomic E-state index is 13.1. The standard InChI is InChI=1S/C32H24F3N3/c33-32(34,35)26-16-14-25(15-17-26)30(21-36)37-29(20-23-8-3-1-4-9-23)27-12-7-13-31-28(27)18-19-38(31)22-24-10-5-2-6-11-24/h1-19,29H,20,22H2/b37-30+/t29-/m1/s1. The van der Waals surface area contributed by atoms with Crippen molar-refractivity contribution in [3.63, 3.8) is 0 Å². The highest BCUT2D eigenvalue weighted by Crippen LogP contribution is 2.32. The van der Waals surface area contributed by atoms with Gasteiger partial charge in [-0.2, -0.15) is 18.4 Å². The van der Waals surface area contributed by atoms with Gasteiger partial charge < -0.3 is 4.57 Å². The molecule has 188 valence electrons. The Hall–Kier alpha value is -4.63. The van der Waals surface area contributed by atoms with Gasteiger partial charge in [0.05, 0.1) is 11.6 Å². The molecule has 5 aromatic rings. The van der Waals surface area contributed by atoms with Crippen LogP contribution < -0.4 is 0 Å². The molecule has 5 rings (SSSR count). The van der Waals surface area contributed by atoms with E-state index in [2.05, 4.69) is 34.9 Å². The number of benzene rings is 4. The summed E-state index contributed by atoms with van der Waals surface area (Å²) in [6, 6.07) is 34.4. The summed E-state index contributed by atoms with van der Waals surface area (Å²) in [5.74, 6) is 0. The lowest BCUT2D eigenvalue weighted by Gasteiger charge is -2.16. The summed E-state index contributed by atoms with van der Waals surface area (Å²) in [5, 5.41) is 11.0. The van der Waals surface area contributed by atoms with E-state index in [0.717, 1.165) is 40.7 Å². The fourth-order valence-corrected chi connectivity index (χ4v) is 4.66. The molecule has 0 spiro atoms. The molecule has 0 radical (unpaired) electrons. The SMILES string of the molecule is N#C/C(=N\[C@H](Cc1ccccc1)c1cccc2c1ccn2Cc1ccccc1)c1ccc(C(F)(F)F)cc1. The van der Waals surface area contributed by atoms with E-state index < -0.39 is 17.8 Å². The second-order valence-electron chi connectivity index (χ2n) is 9.08. The van der Waals surface area contributed by atoms with E-state index in [4.69, 9.17) is 4.99 Å². The molecule has 0 aliphatic heterocycles. The lowest BCUT2D eigenvalue weighted by atomic mass is 9.96. The van der Waals surface area contributed by atoms with Crippen LogP contribution in [0.5, 0.6) is 0 Å². The van der Waals surface area contributed by atoms with E-state index in [1.54, 1.807) is 0 Å². The van der Waals surface area contributed by atoms with Crippen molar-refractivity contribution in [2.75, 3.05) is 0 Å². The second kappa shape index (κ2) is 10.8. The van der Waals surface area contributed by atoms with E-state index in [9.17, 15) is 18.4 Å². The van der Waals surface area contributed by atoms with Crippen LogP contribution in [0, 0.1) is 11.3 Å². The highest BCUT2D eigenvalue weighted by atomic mass is 19.4. The highest BCUT2D eigenvalue weighted by molar-refractivity contribution is 6.11. The second-order valence-corrected chi connectivity index (χ2v) is 9.08. The van der Waals surface area contributed by atoms with Crippen LogP contribution in [0.15, 0.2) is 120 Å². The van der Waals surface area contributed by atoms with E-state index in [0.29, 0.717) is 12.0 Å². The summed E-state index contributed by atoms with van der Waals surface area (Å²) in [4.78, 5) is 4.83. The molecule has 4 aromatic carbocycles. The normalized spacial score (nSPS) is 12.8. The Morgan fingerprint density at radius 3 is 2.08 bits per heavy atom. The molecule has 38 heavy (non-hydrogen) atoms. The minimum atomic E-state index is -4.44. The fraction of sp³-hybridized carbons (Fsp3) is 0.125. The van der Waals surface area contributed by atoms with Crippen LogP contribution in [-0.2, 0) is 19.1 Å². The molecule has 1 heterocycles. The van der Waals surface area contributed by atoms with E-state index in [-0.39, 0.29) is 5.71 Å². The lowest BCUT2D eigenvalue weighted by molar-refractivity contribution is -0.137. The van der Waals surface area contributed by atoms with Gasteiger partial charge in [-0.15, -0.1) is 0 Å². The number of halogens is 3. The van der Waals surface area contributed by atoms with Crippen molar-refractivity contribution in [2.45, 2.75) is 25.2 Å². The number of aromatic nitrogens is 1. The zero-order chi connectivity index (χ0) is 26.5. The molecule has 0 aliphatic rings. The monoisotopic (exact) mass is 507 g/mol. The van der Waals surface area contributed by atoms with E-state index >= 15 is 0 Å². The van der Waals surface area contributed by atoms with Crippen LogP contribution in [0.2, 0.25) is 0 Å². The Morgan fingerprint density at radius 1 is 0.789 bits per heavy atom. The van der Waals surface area contributed by atoms with E-state index in [1.807, 2.05) is 66.9 Å². The Balaban J connectivity index is 1.57. The van der Waals surface area contributed by atoms with Crippen LogP contribution >= 0.6 is 0 Å². The molecular weight excluding hydrogens is 483 g/mol. The van der Waals surface area contributed by atoms with Gasteiger partial charge >= 0.3 is 6.18 Å². The minimum Gasteiger partial charge on any atom is -0.343 e. The average Bonchev–Trinajstić information content (AvgIpc) is 3.34. The Labute approximate surface area is 219 Å². The van der Waals surface area contributed by atoms with Crippen molar-refractivity contribution in [3.8, 4) is 6.07 Å². The summed E-state index contributed by atoms with van der Waals surface area (Å²) in [5.41, 5.74) is 3.93. The Bertz CT molecular complexity index is 1590. The van der Waals surface area contributed by atoms with Crippen LogP contribution in [-0.4, -0.2) is 10.3 Å². The van der Waals surface area contributed by atoms with E-state index in [1.165, 1.54) is 17.7 Å². The van der Waals surface area contributed by atoms with Crippen molar-refractivity contribution in [1.82, 2.24) is 4.57 Å². The third kappa shape index (κ3) is 5.52. The van der Waals surface area contributed by atoms with Gasteiger partial charge in [0, 0.05) is 29.2 Å². The fourth-order valence-electron chi connectivity index (χ4n) is 4.66. The van der Waals surface area contributed by atoms with Gasteiger partial charge in [0.1, 0.15) is 11.8 Å². The number of fused-ring (bicyclic) bond motifs is 1. The smallest absolute Gasteiger partial charge is 0.343 e. The summed E-state index contributed by atoms with van der Waals surface area (Å²) >= 11 is 0. The molecule has 0 N–H and O–H groups in total. The number of alkyl halides is 3. The first-order valence-corrected chi connectivity index (χ1v) is 12.2. The maximum Gasteiger partial charge on any atom is 0.416 e. The summed E-state index contributed by atoms with van der Waals surface area (Å²) in [7, 11) is 0. The number of hydrogen-bond donors (Lipinski definition) is 0. The molecule has 0 unspecified atom stereocenters. The lowest BCUT2D eigenvalue weighted by Crippen LogP contribution is -2.08. The molecule has 0 aliphatic carbocycles. The van der Waals surface area contributed by atoms with Crippen molar-refractivity contribution in [3.05, 3.63) is 143 Å². The van der Waals surface area contributed by atoms with Crippen molar-refractivity contribution < 1.29 is 13.2 Å². The molecule has 3 nitrogen and oxygen atoms in total. The van der Waals surface area contributed by atoms with Crippen molar-refractivity contribution in [2.24, 2.45) is 4.99 Å². The molecule has 1 atom stereocenters. The minimum absolute atomic E-state index is 0.0976. The summed E-state index contributed by atoms with van der Waals surface area (Å²) in [6.07, 6.45) is -1.86. The van der Waals surface area contributed by atoms with Gasteiger partial charge in [0.15, 0.2) is 0 Å². The molecule has 0 saturated carbocycles. The number of rotatable bonds is 7. The van der Waals surface area contributed by atoms with Gasteiger partial charge in [-0.1, -0.05) is 84.9 Å². The van der Waals surface area contributed by atoms with Gasteiger partial charge in [-0.05, 0) is 47.4 Å². The molecule has 0 amide bonds. The predicted molar refractivity (Wildman–Crippen MR) is 144 cm³/mol. The predicted octanol–water partition coefficient (Wildman–Crippen LogP) is 8.01. The van der Waals surface area contributed by atoms with Crippen LogP contribution in [0.25, 0.3) is 10.9 Å². The van der Waals surface area contributed by atoms with Crippen molar-refractivity contribution >= 4 is 16.6 Å². The van der Waals surface area contributed by atoms with Crippen LogP contribution in [0.1, 0.15) is 33.9 Å². The molecule has 0 saturated heterocycles. The molecule has 0 fully saturated rings. The highest BCUT2D eigenvalue weighted by Gasteiger charge is 2.30. The maximum absolute atomic E-state index is 13.1. The van der Waals surface area contributed by atoms with Gasteiger partial charge in [0.25, 0.3) is 0 Å². The molecular formula is C32H24F3N3. The van der Waals surface area contributed by atoms with Gasteiger partial charge in [0.2, 0.25) is 0 Å². The van der Waals surface area contributed by atoms with Crippen LogP contribution in [0.4, 0.5) is 13.2 Å². The Kier molecular flexibility index (Phi) is 7.10. The van der Waals surface area contributed by atoms with Crippen LogP contribution in [0.3, 0.4) is 0 Å². The molecule has 1 aromatic heterocycles. The van der Waals surface area contributed by atoms with Gasteiger partial charge in [-0.3, -0.25) is 4.99 Å². The third-order valence-electron chi connectivity index (χ3n) is 6.55. The first-order valence-electron chi connectivity index (χ1n) is 12.2. The van der Waals surface area contributed by atoms with Gasteiger partial charge in [-0.25, -0.2) is 0 Å². The summed E-state index contributed by atoms with van der Waals surface area (Å²) < 4.78 is 41.4. The van der Waals surface area contributed by atoms with Crippen molar-refractivity contribution in [1.29, 1.82) is 5.26 Å². The zero-order valence-electron chi connectivity index (χ0n) is 20.4. The first kappa shape index (κ1) is 25.0. The number of aliphatic imine (C=N–C) groups is 1.